The molecule has 0 nitrogen and oxygen atoms in total. The molecule has 0 aliphatic rings. The second-order valence-corrected chi connectivity index (χ2v) is 2.40. The molecule has 1 aromatic rings. The highest BCUT2D eigenvalue weighted by molar-refractivity contribution is 8.21. The highest BCUT2D eigenvalue weighted by Crippen LogP contribution is 2.19. The van der Waals surface area contributed by atoms with Gasteiger partial charge in [-0.05, 0) is 39.9 Å². The van der Waals surface area contributed by atoms with Crippen LogP contribution in [0.2, 0.25) is 0 Å². The second kappa shape index (κ2) is 3.00. The monoisotopic (exact) mass is 143 g/mol. The lowest BCUT2D eigenvalue weighted by atomic mass is 10.4. The van der Waals surface area contributed by atoms with Crippen LogP contribution in [0, 0.1) is 6.07 Å². The summed E-state index contributed by atoms with van der Waals surface area (Å²) < 4.78 is 0. The fourth-order valence-corrected chi connectivity index (χ4v) is 0.971. The van der Waals surface area contributed by atoms with E-state index in [2.05, 4.69) is 6.07 Å². The van der Waals surface area contributed by atoms with Crippen molar-refractivity contribution in [3.63, 3.8) is 0 Å². The topological polar surface area (TPSA) is 0 Å². The summed E-state index contributed by atoms with van der Waals surface area (Å²) in [6, 6.07) is 10.4. The van der Waals surface area contributed by atoms with Crippen LogP contribution in [0.25, 0.3) is 0 Å². The molecule has 1 aromatic carbocycles. The van der Waals surface area contributed by atoms with Crippen LogP contribution < -0.4 is 0 Å². The first kappa shape index (κ1) is 5.99. The molecule has 0 aliphatic carbocycles. The first-order valence-corrected chi connectivity index (χ1v) is 3.82. The summed E-state index contributed by atoms with van der Waals surface area (Å²) in [6.45, 7) is 0. The van der Waals surface area contributed by atoms with Crippen molar-refractivity contribution in [2.75, 3.05) is 0 Å². The molecule has 0 aliphatic heterocycles. The maximum absolute atomic E-state index is 5.43. The summed E-state index contributed by atoms with van der Waals surface area (Å²) in [5.74, 6) is 0. The van der Waals surface area contributed by atoms with Crippen LogP contribution in [0.5, 0.6) is 0 Å². The fourth-order valence-electron chi connectivity index (χ4n) is 0.423. The summed E-state index contributed by atoms with van der Waals surface area (Å²) in [5.41, 5.74) is 0. The Morgan fingerprint density at radius 1 is 1.38 bits per heavy atom. The van der Waals surface area contributed by atoms with Gasteiger partial charge in [0.15, 0.2) is 0 Å². The van der Waals surface area contributed by atoms with Gasteiger partial charge in [-0.3, -0.25) is 0 Å². The van der Waals surface area contributed by atoms with Crippen LogP contribution >= 0.6 is 21.7 Å². The van der Waals surface area contributed by atoms with Gasteiger partial charge in [0.25, 0.3) is 0 Å². The molecule has 0 bridgehead atoms. The number of rotatable bonds is 1. The minimum Gasteiger partial charge on any atom is -0.0532 e. The predicted molar refractivity (Wildman–Crippen MR) is 37.0 cm³/mol. The fraction of sp³-hybridized carbons (Fsp3) is 0. The van der Waals surface area contributed by atoms with Gasteiger partial charge >= 0.3 is 0 Å². The quantitative estimate of drug-likeness (QED) is 0.583. The zero-order chi connectivity index (χ0) is 5.82. The average Bonchev–Trinajstić information content (AvgIpc) is 1.90. The molecule has 2 heteroatoms. The van der Waals surface area contributed by atoms with Gasteiger partial charge in [0.05, 0.1) is 0 Å². The zero-order valence-electron chi connectivity index (χ0n) is 4.10. The lowest BCUT2D eigenvalue weighted by Gasteiger charge is -1.86. The third-order valence-corrected chi connectivity index (χ3v) is 1.76. The molecule has 0 saturated heterocycles. The summed E-state index contributed by atoms with van der Waals surface area (Å²) in [5, 5.41) is 0. The van der Waals surface area contributed by atoms with E-state index >= 15 is 0 Å². The SMILES string of the molecule is ClSc1cc[c]cc1. The van der Waals surface area contributed by atoms with E-state index < -0.39 is 0 Å². The van der Waals surface area contributed by atoms with Crippen molar-refractivity contribution < 1.29 is 0 Å². The molecule has 0 amide bonds. The molecule has 41 valence electrons. The van der Waals surface area contributed by atoms with Gasteiger partial charge in [0, 0.05) is 4.90 Å². The van der Waals surface area contributed by atoms with Crippen molar-refractivity contribution >= 4 is 21.7 Å². The van der Waals surface area contributed by atoms with Crippen LogP contribution in [0.3, 0.4) is 0 Å². The molecule has 0 saturated carbocycles. The standard InChI is InChI=1S/C6H4ClS/c7-8-6-4-2-1-3-5-6/h2-5H. The molecule has 0 N–H and O–H groups in total. The van der Waals surface area contributed by atoms with Gasteiger partial charge < -0.3 is 0 Å². The maximum Gasteiger partial charge on any atom is 0.0233 e. The van der Waals surface area contributed by atoms with Gasteiger partial charge in [-0.1, -0.05) is 12.1 Å². The Bertz CT molecular complexity index is 150. The Morgan fingerprint density at radius 2 is 2.00 bits per heavy atom. The van der Waals surface area contributed by atoms with Crippen LogP contribution in [0.4, 0.5) is 0 Å². The van der Waals surface area contributed by atoms with Crippen LogP contribution in [-0.2, 0) is 0 Å². The van der Waals surface area contributed by atoms with Gasteiger partial charge in [0.1, 0.15) is 0 Å². The van der Waals surface area contributed by atoms with Crippen LogP contribution in [0.1, 0.15) is 0 Å². The van der Waals surface area contributed by atoms with Crippen molar-refractivity contribution in [1.82, 2.24) is 0 Å². The smallest absolute Gasteiger partial charge is 0.0233 e. The first-order chi connectivity index (χ1) is 3.93. The van der Waals surface area contributed by atoms with Gasteiger partial charge in [-0.15, -0.1) is 0 Å². The molecule has 0 aromatic heterocycles. The third kappa shape index (κ3) is 1.42. The van der Waals surface area contributed by atoms with Crippen molar-refractivity contribution in [2.24, 2.45) is 0 Å². The zero-order valence-corrected chi connectivity index (χ0v) is 5.67. The Labute approximate surface area is 57.4 Å². The highest BCUT2D eigenvalue weighted by Gasteiger charge is 1.83. The predicted octanol–water partition coefficient (Wildman–Crippen LogP) is 2.73. The molecule has 0 unspecified atom stereocenters. The van der Waals surface area contributed by atoms with Crippen LogP contribution in [-0.4, -0.2) is 0 Å². The second-order valence-electron chi connectivity index (χ2n) is 1.31. The number of benzene rings is 1. The summed E-state index contributed by atoms with van der Waals surface area (Å²) >= 11 is 0. The molecule has 8 heavy (non-hydrogen) atoms. The van der Waals surface area contributed by atoms with Crippen molar-refractivity contribution in [1.29, 1.82) is 0 Å². The molecule has 1 rings (SSSR count). The Hall–Kier alpha value is -0.140. The van der Waals surface area contributed by atoms with Crippen molar-refractivity contribution in [2.45, 2.75) is 4.90 Å². The summed E-state index contributed by atoms with van der Waals surface area (Å²) in [4.78, 5) is 1.06. The molecule has 0 atom stereocenters. The maximum atomic E-state index is 5.43. The molecule has 0 heterocycles. The molecular weight excluding hydrogens is 140 g/mol. The van der Waals surface area contributed by atoms with E-state index in [-0.39, 0.29) is 0 Å². The molecular formula is C6H4ClS. The van der Waals surface area contributed by atoms with E-state index in [9.17, 15) is 0 Å². The minimum absolute atomic E-state index is 1.06. The van der Waals surface area contributed by atoms with E-state index in [0.717, 1.165) is 4.90 Å². The van der Waals surface area contributed by atoms with Crippen LogP contribution in [0.15, 0.2) is 29.2 Å². The van der Waals surface area contributed by atoms with E-state index in [0.29, 0.717) is 0 Å². The Balaban J connectivity index is 2.83. The van der Waals surface area contributed by atoms with Crippen molar-refractivity contribution in [3.8, 4) is 0 Å². The Morgan fingerprint density at radius 3 is 2.38 bits per heavy atom. The third-order valence-electron chi connectivity index (χ3n) is 0.777. The number of hydrogen-bond acceptors (Lipinski definition) is 1. The molecule has 0 spiro atoms. The van der Waals surface area contributed by atoms with Crippen molar-refractivity contribution in [3.05, 3.63) is 30.3 Å². The van der Waals surface area contributed by atoms with E-state index in [1.807, 2.05) is 24.3 Å². The van der Waals surface area contributed by atoms with Gasteiger partial charge in [0.2, 0.25) is 0 Å². The largest absolute Gasteiger partial charge is 0.0532 e. The lowest BCUT2D eigenvalue weighted by molar-refractivity contribution is 1.47. The Kier molecular flexibility index (Phi) is 2.25. The minimum atomic E-state index is 1.06. The van der Waals surface area contributed by atoms with Gasteiger partial charge in [-0.2, -0.15) is 0 Å². The lowest BCUT2D eigenvalue weighted by Crippen LogP contribution is -1.60. The normalized spacial score (nSPS) is 9.12. The van der Waals surface area contributed by atoms with E-state index in [1.165, 1.54) is 11.0 Å². The van der Waals surface area contributed by atoms with E-state index in [4.69, 9.17) is 10.7 Å². The molecule has 1 radical (unpaired) electrons. The van der Waals surface area contributed by atoms with E-state index in [1.54, 1.807) is 0 Å². The number of halogens is 1. The summed E-state index contributed by atoms with van der Waals surface area (Å²) in [7, 11) is 6.65. The molecule has 0 fully saturated rings. The highest BCUT2D eigenvalue weighted by atomic mass is 35.7. The first-order valence-electron chi connectivity index (χ1n) is 2.18. The summed E-state index contributed by atoms with van der Waals surface area (Å²) in [6.07, 6.45) is 0. The number of hydrogen-bond donors (Lipinski definition) is 0. The van der Waals surface area contributed by atoms with Gasteiger partial charge in [-0.25, -0.2) is 0 Å². The average molecular weight is 144 g/mol.